The first-order valence-electron chi connectivity index (χ1n) is 10.8. The molecule has 1 aromatic carbocycles. The lowest BCUT2D eigenvalue weighted by molar-refractivity contribution is -0.122. The van der Waals surface area contributed by atoms with Gasteiger partial charge in [0.15, 0.2) is 11.6 Å². The third-order valence-electron chi connectivity index (χ3n) is 6.15. The SMILES string of the molecule is CSc1ccc(CN2C(=O)C3COCCN3c3nc(-c4cnc5[nH]ccc5c4)ncc32)cc1. The topological polar surface area (TPSA) is 87.2 Å². The molecular formula is C24H22N6O2S. The van der Waals surface area contributed by atoms with Crippen LogP contribution < -0.4 is 9.80 Å². The van der Waals surface area contributed by atoms with Crippen molar-refractivity contribution >= 4 is 40.2 Å². The number of hydrogen-bond acceptors (Lipinski definition) is 7. The van der Waals surface area contributed by atoms with E-state index in [1.165, 1.54) is 4.90 Å². The average Bonchev–Trinajstić information content (AvgIpc) is 3.35. The first kappa shape index (κ1) is 20.2. The van der Waals surface area contributed by atoms with Crippen molar-refractivity contribution < 1.29 is 9.53 Å². The van der Waals surface area contributed by atoms with Crippen molar-refractivity contribution in [3.8, 4) is 11.4 Å². The minimum atomic E-state index is -0.384. The van der Waals surface area contributed by atoms with Gasteiger partial charge in [-0.25, -0.2) is 15.0 Å². The molecule has 2 aliphatic rings. The van der Waals surface area contributed by atoms with Crippen LogP contribution in [0.25, 0.3) is 22.4 Å². The van der Waals surface area contributed by atoms with Gasteiger partial charge in [0.25, 0.3) is 5.91 Å². The normalized spacial score (nSPS) is 17.8. The number of rotatable bonds is 4. The van der Waals surface area contributed by atoms with Gasteiger partial charge in [0.05, 0.1) is 26.0 Å². The number of aromatic nitrogens is 4. The summed E-state index contributed by atoms with van der Waals surface area (Å²) in [6.45, 7) is 2.00. The van der Waals surface area contributed by atoms with Gasteiger partial charge in [-0.2, -0.15) is 0 Å². The number of hydrogen-bond donors (Lipinski definition) is 1. The van der Waals surface area contributed by atoms with E-state index in [4.69, 9.17) is 9.72 Å². The second-order valence-corrected chi connectivity index (χ2v) is 8.98. The molecule has 8 nitrogen and oxygen atoms in total. The Morgan fingerprint density at radius 2 is 2.06 bits per heavy atom. The molecule has 5 heterocycles. The Morgan fingerprint density at radius 1 is 1.18 bits per heavy atom. The van der Waals surface area contributed by atoms with Gasteiger partial charge in [-0.15, -0.1) is 11.8 Å². The average molecular weight is 459 g/mol. The van der Waals surface area contributed by atoms with Crippen molar-refractivity contribution in [2.24, 2.45) is 0 Å². The minimum absolute atomic E-state index is 0.0166. The third kappa shape index (κ3) is 3.53. The number of carbonyl (C=O) groups excluding carboxylic acids is 1. The fourth-order valence-corrected chi connectivity index (χ4v) is 4.81. The number of thioether (sulfide) groups is 1. The number of anilines is 2. The van der Waals surface area contributed by atoms with Crippen molar-refractivity contribution in [1.82, 2.24) is 19.9 Å². The summed E-state index contributed by atoms with van der Waals surface area (Å²) in [6.07, 6.45) is 7.45. The number of nitrogens with zero attached hydrogens (tertiary/aromatic N) is 5. The number of benzene rings is 1. The number of fused-ring (bicyclic) bond motifs is 4. The van der Waals surface area contributed by atoms with Gasteiger partial charge in [-0.05, 0) is 36.1 Å². The van der Waals surface area contributed by atoms with Gasteiger partial charge in [-0.1, -0.05) is 12.1 Å². The molecule has 1 fully saturated rings. The summed E-state index contributed by atoms with van der Waals surface area (Å²) in [5.74, 6) is 1.37. The Labute approximate surface area is 195 Å². The molecule has 0 bridgehead atoms. The molecule has 3 aromatic heterocycles. The van der Waals surface area contributed by atoms with E-state index < -0.39 is 0 Å². The maximum atomic E-state index is 13.5. The van der Waals surface area contributed by atoms with E-state index in [0.717, 1.165) is 33.7 Å². The maximum Gasteiger partial charge on any atom is 0.252 e. The summed E-state index contributed by atoms with van der Waals surface area (Å²) in [6, 6.07) is 11.9. The van der Waals surface area contributed by atoms with Gasteiger partial charge in [0, 0.05) is 34.8 Å². The van der Waals surface area contributed by atoms with Crippen LogP contribution in [0.5, 0.6) is 0 Å². The van der Waals surface area contributed by atoms with Gasteiger partial charge >= 0.3 is 0 Å². The molecule has 6 rings (SSSR count). The Kier molecular flexibility index (Phi) is 5.00. The number of nitrogens with one attached hydrogen (secondary N) is 1. The lowest BCUT2D eigenvalue weighted by Crippen LogP contribution is -2.58. The van der Waals surface area contributed by atoms with E-state index in [0.29, 0.717) is 32.1 Å². The predicted octanol–water partition coefficient (Wildman–Crippen LogP) is 3.49. The van der Waals surface area contributed by atoms with E-state index in [1.807, 2.05) is 18.3 Å². The minimum Gasteiger partial charge on any atom is -0.377 e. The summed E-state index contributed by atoms with van der Waals surface area (Å²) < 4.78 is 5.66. The molecule has 1 atom stereocenters. The Hall–Kier alpha value is -3.43. The lowest BCUT2D eigenvalue weighted by Gasteiger charge is -2.43. The number of ether oxygens (including phenoxy) is 1. The standard InChI is InChI=1S/C24H22N6O2S/c1-33-18-4-2-15(3-5-18)13-30-19-12-27-22(17-10-16-6-7-25-21(16)26-11-17)28-23(19)29-8-9-32-14-20(29)24(30)31/h2-7,10-12,20H,8-9,13-14H2,1H3,(H,25,26). The summed E-state index contributed by atoms with van der Waals surface area (Å²) in [7, 11) is 0. The molecule has 0 radical (unpaired) electrons. The van der Waals surface area contributed by atoms with Crippen LogP contribution in [-0.2, 0) is 16.1 Å². The first-order valence-corrected chi connectivity index (χ1v) is 12.0. The van der Waals surface area contributed by atoms with Crippen LogP contribution in [0.4, 0.5) is 11.5 Å². The zero-order chi connectivity index (χ0) is 22.4. The molecule has 33 heavy (non-hydrogen) atoms. The largest absolute Gasteiger partial charge is 0.377 e. The lowest BCUT2D eigenvalue weighted by atomic mass is 10.1. The number of carbonyl (C=O) groups is 1. The highest BCUT2D eigenvalue weighted by Crippen LogP contribution is 2.37. The molecule has 1 saturated heterocycles. The molecule has 9 heteroatoms. The molecular weight excluding hydrogens is 436 g/mol. The van der Waals surface area contributed by atoms with Crippen molar-refractivity contribution in [2.45, 2.75) is 17.5 Å². The van der Waals surface area contributed by atoms with Crippen molar-refractivity contribution in [1.29, 1.82) is 0 Å². The maximum absolute atomic E-state index is 13.5. The van der Waals surface area contributed by atoms with Crippen LogP contribution >= 0.6 is 11.8 Å². The van der Waals surface area contributed by atoms with E-state index in [2.05, 4.69) is 50.4 Å². The zero-order valence-electron chi connectivity index (χ0n) is 18.1. The summed E-state index contributed by atoms with van der Waals surface area (Å²) in [4.78, 5) is 35.6. The van der Waals surface area contributed by atoms with Gasteiger partial charge in [-0.3, -0.25) is 4.79 Å². The van der Waals surface area contributed by atoms with E-state index in [1.54, 1.807) is 29.1 Å². The highest BCUT2D eigenvalue weighted by molar-refractivity contribution is 7.98. The number of H-pyrrole nitrogens is 1. The van der Waals surface area contributed by atoms with E-state index in [9.17, 15) is 4.79 Å². The third-order valence-corrected chi connectivity index (χ3v) is 6.89. The molecule has 1 N–H and O–H groups in total. The Balaban J connectivity index is 1.41. The van der Waals surface area contributed by atoms with E-state index in [-0.39, 0.29) is 11.9 Å². The van der Waals surface area contributed by atoms with Crippen molar-refractivity contribution in [3.05, 3.63) is 60.6 Å². The van der Waals surface area contributed by atoms with Crippen LogP contribution in [0.15, 0.2) is 59.9 Å². The van der Waals surface area contributed by atoms with Crippen LogP contribution in [0.2, 0.25) is 0 Å². The number of morpholine rings is 1. The highest BCUT2D eigenvalue weighted by atomic mass is 32.2. The molecule has 1 amide bonds. The summed E-state index contributed by atoms with van der Waals surface area (Å²) in [5, 5.41) is 1.00. The Bertz CT molecular complexity index is 1340. The monoisotopic (exact) mass is 458 g/mol. The summed E-state index contributed by atoms with van der Waals surface area (Å²) >= 11 is 1.70. The molecule has 1 unspecified atom stereocenters. The Morgan fingerprint density at radius 3 is 2.91 bits per heavy atom. The quantitative estimate of drug-likeness (QED) is 0.469. The molecule has 0 spiro atoms. The molecule has 4 aromatic rings. The fraction of sp³-hybridized carbons (Fsp3) is 0.250. The smallest absolute Gasteiger partial charge is 0.252 e. The highest BCUT2D eigenvalue weighted by Gasteiger charge is 2.41. The van der Waals surface area contributed by atoms with Crippen molar-refractivity contribution in [3.63, 3.8) is 0 Å². The van der Waals surface area contributed by atoms with Crippen molar-refractivity contribution in [2.75, 3.05) is 35.8 Å². The van der Waals surface area contributed by atoms with Crippen LogP contribution in [-0.4, -0.2) is 57.9 Å². The molecule has 2 aliphatic heterocycles. The zero-order valence-corrected chi connectivity index (χ0v) is 18.9. The van der Waals surface area contributed by atoms with E-state index >= 15 is 0 Å². The van der Waals surface area contributed by atoms with Gasteiger partial charge < -0.3 is 19.5 Å². The second kappa shape index (κ2) is 8.17. The molecule has 166 valence electrons. The first-order chi connectivity index (χ1) is 16.2. The number of aromatic amines is 1. The van der Waals surface area contributed by atoms with Gasteiger partial charge in [0.1, 0.15) is 17.4 Å². The fourth-order valence-electron chi connectivity index (χ4n) is 4.41. The molecule has 0 aliphatic carbocycles. The predicted molar refractivity (Wildman–Crippen MR) is 128 cm³/mol. The number of amides is 1. The second-order valence-electron chi connectivity index (χ2n) is 8.10. The van der Waals surface area contributed by atoms with Gasteiger partial charge in [0.2, 0.25) is 0 Å². The van der Waals surface area contributed by atoms with Crippen LogP contribution in [0.1, 0.15) is 5.56 Å². The summed E-state index contributed by atoms with van der Waals surface area (Å²) in [5.41, 5.74) is 3.45. The number of pyridine rings is 1. The van der Waals surface area contributed by atoms with Crippen LogP contribution in [0.3, 0.4) is 0 Å². The molecule has 0 saturated carbocycles. The van der Waals surface area contributed by atoms with Crippen LogP contribution in [0, 0.1) is 0 Å².